The van der Waals surface area contributed by atoms with E-state index in [0.29, 0.717) is 12.4 Å². The first-order valence-electron chi connectivity index (χ1n) is 10.8. The number of allylic oxidation sites excluding steroid dienone is 1. The summed E-state index contributed by atoms with van der Waals surface area (Å²) in [6.07, 6.45) is 0.967. The van der Waals surface area contributed by atoms with Gasteiger partial charge in [-0.05, 0) is 78.7 Å². The van der Waals surface area contributed by atoms with E-state index in [-0.39, 0.29) is 0 Å². The number of rotatable bonds is 8. The molecule has 0 saturated carbocycles. The largest absolute Gasteiger partial charge is 0.492 e. The van der Waals surface area contributed by atoms with E-state index >= 15 is 0 Å². The van der Waals surface area contributed by atoms with Crippen LogP contribution in [0.15, 0.2) is 77.7 Å². The lowest BCUT2D eigenvalue weighted by molar-refractivity contribution is 0.261. The topological polar surface area (TPSA) is 62.2 Å². The molecule has 0 saturated heterocycles. The molecule has 0 fully saturated rings. The van der Waals surface area contributed by atoms with Crippen LogP contribution in [0.25, 0.3) is 11.1 Å². The molecule has 172 valence electrons. The van der Waals surface area contributed by atoms with Crippen LogP contribution < -0.4 is 9.26 Å². The monoisotopic (exact) mass is 481 g/mol. The zero-order valence-electron chi connectivity index (χ0n) is 18.8. The Labute approximate surface area is 200 Å². The summed E-state index contributed by atoms with van der Waals surface area (Å²) in [5, 5.41) is 0. The maximum Gasteiger partial charge on any atom is 0.391 e. The van der Waals surface area contributed by atoms with Gasteiger partial charge < -0.3 is 23.9 Å². The molecule has 3 aromatic carbocycles. The lowest BCUT2D eigenvalue weighted by atomic mass is 9.88. The highest BCUT2D eigenvalue weighted by Gasteiger charge is 2.20. The van der Waals surface area contributed by atoms with Crippen molar-refractivity contribution in [3.8, 4) is 11.5 Å². The van der Waals surface area contributed by atoms with E-state index < -0.39 is 8.60 Å². The van der Waals surface area contributed by atoms with Crippen LogP contribution in [0.5, 0.6) is 11.5 Å². The molecule has 0 aliphatic carbocycles. The van der Waals surface area contributed by atoms with Crippen LogP contribution in [0, 0.1) is 0 Å². The zero-order valence-corrected chi connectivity index (χ0v) is 20.5. The van der Waals surface area contributed by atoms with E-state index in [2.05, 4.69) is 41.3 Å². The third-order valence-corrected chi connectivity index (χ3v) is 6.85. The summed E-state index contributed by atoms with van der Waals surface area (Å²) in [6, 6.07) is 24.3. The highest BCUT2D eigenvalue weighted by atomic mass is 32.2. The minimum Gasteiger partial charge on any atom is -0.492 e. The fourth-order valence-corrected chi connectivity index (χ4v) is 5.21. The molecule has 0 spiro atoms. The minimum absolute atomic E-state index is 0.434. The van der Waals surface area contributed by atoms with Gasteiger partial charge in [-0.2, -0.15) is 0 Å². The van der Waals surface area contributed by atoms with E-state index in [4.69, 9.17) is 19.0 Å². The fourth-order valence-electron chi connectivity index (χ4n) is 3.85. The van der Waals surface area contributed by atoms with Gasteiger partial charge >= 0.3 is 8.60 Å². The van der Waals surface area contributed by atoms with Crippen molar-refractivity contribution in [1.29, 1.82) is 0 Å². The van der Waals surface area contributed by atoms with E-state index in [1.165, 1.54) is 21.6 Å². The average Bonchev–Trinajstić information content (AvgIpc) is 2.81. The molecule has 0 radical (unpaired) electrons. The van der Waals surface area contributed by atoms with Crippen LogP contribution in [0.3, 0.4) is 0 Å². The van der Waals surface area contributed by atoms with Crippen molar-refractivity contribution < 1.29 is 19.0 Å². The molecule has 0 atom stereocenters. The van der Waals surface area contributed by atoms with Crippen LogP contribution >= 0.6 is 20.4 Å². The third kappa shape index (κ3) is 6.17. The predicted molar refractivity (Wildman–Crippen MR) is 137 cm³/mol. The van der Waals surface area contributed by atoms with Gasteiger partial charge in [0.25, 0.3) is 0 Å². The summed E-state index contributed by atoms with van der Waals surface area (Å²) in [4.78, 5) is 21.7. The van der Waals surface area contributed by atoms with Gasteiger partial charge in [0.05, 0.1) is 0 Å². The Morgan fingerprint density at radius 2 is 1.55 bits per heavy atom. The minimum atomic E-state index is -2.44. The molecule has 0 amide bonds. The number of benzene rings is 3. The summed E-state index contributed by atoms with van der Waals surface area (Å²) in [6.45, 7) is 1.51. The number of likely N-dealkylation sites (N-methyl/N-ethyl adjacent to an activating group) is 1. The van der Waals surface area contributed by atoms with Crippen LogP contribution in [0.2, 0.25) is 0 Å². The molecule has 1 heterocycles. The number of hydrogen-bond acceptors (Lipinski definition) is 6. The number of thioether (sulfide) groups is 1. The third-order valence-electron chi connectivity index (χ3n) is 5.40. The van der Waals surface area contributed by atoms with Crippen molar-refractivity contribution in [2.45, 2.75) is 11.3 Å². The number of hydrogen-bond donors (Lipinski definition) is 2. The number of nitrogens with zero attached hydrogens (tertiary/aromatic N) is 1. The Morgan fingerprint density at radius 1 is 0.909 bits per heavy atom. The van der Waals surface area contributed by atoms with Gasteiger partial charge in [-0.3, -0.25) is 0 Å². The Bertz CT molecular complexity index is 1100. The molecule has 2 N–H and O–H groups in total. The van der Waals surface area contributed by atoms with Crippen molar-refractivity contribution >= 4 is 31.5 Å². The van der Waals surface area contributed by atoms with Gasteiger partial charge in [-0.15, -0.1) is 11.8 Å². The standard InChI is InChI=1S/C26H28NO4PS/c1-27(2)16-17-30-21-11-7-19(8-12-21)26(20-9-13-22(14-10-20)31-32(28)29)24-15-18-33-25-6-4-3-5-23(24)25/h3-14,28-29H,15-18H2,1-2H3. The van der Waals surface area contributed by atoms with E-state index in [9.17, 15) is 0 Å². The van der Waals surface area contributed by atoms with Gasteiger partial charge in [-0.25, -0.2) is 0 Å². The second-order valence-corrected chi connectivity index (χ2v) is 9.82. The first-order valence-corrected chi connectivity index (χ1v) is 13.0. The van der Waals surface area contributed by atoms with Crippen molar-refractivity contribution in [1.82, 2.24) is 4.90 Å². The number of ether oxygens (including phenoxy) is 1. The lowest BCUT2D eigenvalue weighted by Gasteiger charge is -2.23. The molecule has 1 aliphatic heterocycles. The maximum atomic E-state index is 9.17. The van der Waals surface area contributed by atoms with Gasteiger partial charge in [0.15, 0.2) is 0 Å². The SMILES string of the molecule is CN(C)CCOc1ccc(C(=C2CCSc3ccccc32)c2ccc(OP(O)O)cc2)cc1. The molecule has 1 aliphatic rings. The molecule has 0 unspecified atom stereocenters. The Balaban J connectivity index is 1.73. The molecule has 33 heavy (non-hydrogen) atoms. The zero-order chi connectivity index (χ0) is 23.2. The van der Waals surface area contributed by atoms with Crippen LogP contribution in [0.4, 0.5) is 0 Å². The van der Waals surface area contributed by atoms with Crippen molar-refractivity contribution in [2.24, 2.45) is 0 Å². The molecular weight excluding hydrogens is 453 g/mol. The molecular formula is C26H28NO4PS. The molecule has 7 heteroatoms. The molecule has 5 nitrogen and oxygen atoms in total. The lowest BCUT2D eigenvalue weighted by Crippen LogP contribution is -2.19. The summed E-state index contributed by atoms with van der Waals surface area (Å²) in [5.74, 6) is 2.32. The van der Waals surface area contributed by atoms with Crippen LogP contribution in [-0.2, 0) is 0 Å². The summed E-state index contributed by atoms with van der Waals surface area (Å²) >= 11 is 1.89. The Morgan fingerprint density at radius 3 is 2.18 bits per heavy atom. The van der Waals surface area contributed by atoms with E-state index in [0.717, 1.165) is 35.6 Å². The average molecular weight is 482 g/mol. The quantitative estimate of drug-likeness (QED) is 0.404. The predicted octanol–water partition coefficient (Wildman–Crippen LogP) is 5.67. The summed E-state index contributed by atoms with van der Waals surface area (Å²) in [7, 11) is 1.63. The second kappa shape index (κ2) is 11.2. The van der Waals surface area contributed by atoms with Crippen LogP contribution in [0.1, 0.15) is 23.1 Å². The van der Waals surface area contributed by atoms with Gasteiger partial charge in [0.2, 0.25) is 0 Å². The fraction of sp³-hybridized carbons (Fsp3) is 0.231. The molecule has 3 aromatic rings. The van der Waals surface area contributed by atoms with Crippen molar-refractivity contribution in [3.63, 3.8) is 0 Å². The maximum absolute atomic E-state index is 9.17. The molecule has 0 bridgehead atoms. The van der Waals surface area contributed by atoms with Crippen molar-refractivity contribution in [3.05, 3.63) is 89.5 Å². The first-order chi connectivity index (χ1) is 16.0. The highest BCUT2D eigenvalue weighted by molar-refractivity contribution is 7.99. The second-order valence-electron chi connectivity index (χ2n) is 7.99. The highest BCUT2D eigenvalue weighted by Crippen LogP contribution is 2.43. The van der Waals surface area contributed by atoms with Gasteiger partial charge in [0.1, 0.15) is 18.1 Å². The van der Waals surface area contributed by atoms with Gasteiger partial charge in [0, 0.05) is 17.2 Å². The number of fused-ring (bicyclic) bond motifs is 1. The van der Waals surface area contributed by atoms with Gasteiger partial charge in [-0.1, -0.05) is 42.5 Å². The smallest absolute Gasteiger partial charge is 0.391 e. The van der Waals surface area contributed by atoms with Crippen molar-refractivity contribution in [2.75, 3.05) is 33.0 Å². The van der Waals surface area contributed by atoms with E-state index in [1.54, 1.807) is 12.1 Å². The first kappa shape index (κ1) is 23.8. The van der Waals surface area contributed by atoms with E-state index in [1.807, 2.05) is 50.1 Å². The summed E-state index contributed by atoms with van der Waals surface area (Å²) < 4.78 is 11.0. The molecule has 0 aromatic heterocycles. The normalized spacial score (nSPS) is 14.8. The Hall–Kier alpha value is -2.34. The van der Waals surface area contributed by atoms with Crippen LogP contribution in [-0.4, -0.2) is 47.7 Å². The molecule has 4 rings (SSSR count). The summed E-state index contributed by atoms with van der Waals surface area (Å²) in [5.41, 5.74) is 5.92. The Kier molecular flexibility index (Phi) is 8.07.